The summed E-state index contributed by atoms with van der Waals surface area (Å²) in [5.74, 6) is -0.824. The molecule has 0 aromatic rings. The lowest BCUT2D eigenvalue weighted by Gasteiger charge is -2.39. The van der Waals surface area contributed by atoms with Gasteiger partial charge in [0.15, 0.2) is 12.4 Å². The van der Waals surface area contributed by atoms with Gasteiger partial charge in [0, 0.05) is 12.8 Å². The number of unbranched alkanes of at least 4 members (excludes halogenated alkanes) is 23. The summed E-state index contributed by atoms with van der Waals surface area (Å²) in [5.41, 5.74) is 0. The van der Waals surface area contributed by atoms with E-state index in [1.165, 1.54) is 103 Å². The van der Waals surface area contributed by atoms with E-state index in [0.717, 1.165) is 70.6 Å². The molecule has 4 N–H and O–H groups in total. The van der Waals surface area contributed by atoms with Crippen molar-refractivity contribution < 1.29 is 49.0 Å². The Hall–Kier alpha value is -2.08. The molecular formula is C49H88O10. The standard InChI is InChI=1S/C49H88O10/c1-3-5-7-9-11-13-15-17-19-21-22-24-25-27-29-31-33-35-37-44(51)56-40-42(41-57-49-48(55)47(54)46(53)43(39-50)59-49)58-45(52)38-36-34-32-30-28-26-23-20-18-16-14-12-10-8-6-4-2/h14,16,19-21,23,42-43,46-50,53-55H,3-13,15,17-18,22,24-41H2,1-2H3/b16-14-,21-19-,23-20-. The van der Waals surface area contributed by atoms with Gasteiger partial charge in [0.05, 0.1) is 13.2 Å². The Kier molecular flexibility index (Phi) is 37.3. The number of rotatable bonds is 40. The Morgan fingerprint density at radius 3 is 1.44 bits per heavy atom. The minimum atomic E-state index is -1.60. The third-order valence-corrected chi connectivity index (χ3v) is 11.0. The number of allylic oxidation sites excluding steroid dienone is 6. The van der Waals surface area contributed by atoms with Crippen LogP contribution in [0.15, 0.2) is 36.5 Å². The van der Waals surface area contributed by atoms with Gasteiger partial charge in [0.25, 0.3) is 0 Å². The van der Waals surface area contributed by atoms with Crippen molar-refractivity contribution in [3.63, 3.8) is 0 Å². The molecule has 0 aliphatic carbocycles. The molecule has 1 saturated heterocycles. The van der Waals surface area contributed by atoms with Gasteiger partial charge in [-0.3, -0.25) is 9.59 Å². The lowest BCUT2D eigenvalue weighted by Crippen LogP contribution is -2.59. The van der Waals surface area contributed by atoms with Crippen LogP contribution in [0.4, 0.5) is 0 Å². The Labute approximate surface area is 359 Å². The monoisotopic (exact) mass is 837 g/mol. The van der Waals surface area contributed by atoms with Gasteiger partial charge in [0.1, 0.15) is 31.0 Å². The zero-order valence-electron chi connectivity index (χ0n) is 37.5. The van der Waals surface area contributed by atoms with Crippen LogP contribution < -0.4 is 0 Å². The Morgan fingerprint density at radius 1 is 0.525 bits per heavy atom. The van der Waals surface area contributed by atoms with E-state index >= 15 is 0 Å². The molecule has 1 aliphatic rings. The van der Waals surface area contributed by atoms with Crippen LogP contribution >= 0.6 is 0 Å². The molecule has 0 saturated carbocycles. The molecule has 0 aromatic heterocycles. The van der Waals surface area contributed by atoms with E-state index in [0.29, 0.717) is 6.42 Å². The van der Waals surface area contributed by atoms with Gasteiger partial charge in [-0.25, -0.2) is 0 Å². The number of hydrogen-bond acceptors (Lipinski definition) is 10. The second-order valence-electron chi connectivity index (χ2n) is 16.6. The predicted molar refractivity (Wildman–Crippen MR) is 238 cm³/mol. The number of esters is 2. The summed E-state index contributed by atoms with van der Waals surface area (Å²) >= 11 is 0. The number of aliphatic hydroxyl groups excluding tert-OH is 4. The molecule has 0 spiro atoms. The highest BCUT2D eigenvalue weighted by atomic mass is 16.7. The number of carbonyl (C=O) groups excluding carboxylic acids is 2. The minimum absolute atomic E-state index is 0.213. The largest absolute Gasteiger partial charge is 0.462 e. The molecule has 59 heavy (non-hydrogen) atoms. The maximum Gasteiger partial charge on any atom is 0.306 e. The van der Waals surface area contributed by atoms with Crippen molar-refractivity contribution in [1.82, 2.24) is 0 Å². The van der Waals surface area contributed by atoms with E-state index in [9.17, 15) is 30.0 Å². The fraction of sp³-hybridized carbons (Fsp3) is 0.837. The van der Waals surface area contributed by atoms with E-state index in [2.05, 4.69) is 50.3 Å². The highest BCUT2D eigenvalue weighted by Gasteiger charge is 2.44. The summed E-state index contributed by atoms with van der Waals surface area (Å²) in [6, 6.07) is 0. The molecule has 10 nitrogen and oxygen atoms in total. The predicted octanol–water partition coefficient (Wildman–Crippen LogP) is 10.7. The van der Waals surface area contributed by atoms with Crippen molar-refractivity contribution in [1.29, 1.82) is 0 Å². The zero-order chi connectivity index (χ0) is 43.0. The van der Waals surface area contributed by atoms with Gasteiger partial charge < -0.3 is 39.4 Å². The van der Waals surface area contributed by atoms with Crippen LogP contribution in [0.5, 0.6) is 0 Å². The summed E-state index contributed by atoms with van der Waals surface area (Å²) in [6.45, 7) is 3.40. The topological polar surface area (TPSA) is 152 Å². The van der Waals surface area contributed by atoms with E-state index in [4.69, 9.17) is 18.9 Å². The lowest BCUT2D eigenvalue weighted by atomic mass is 9.99. The summed E-state index contributed by atoms with van der Waals surface area (Å²) in [4.78, 5) is 25.4. The number of ether oxygens (including phenoxy) is 4. The average molecular weight is 837 g/mol. The van der Waals surface area contributed by atoms with E-state index < -0.39 is 49.4 Å². The molecule has 6 unspecified atom stereocenters. The quantitative estimate of drug-likeness (QED) is 0.0267. The molecule has 1 aliphatic heterocycles. The van der Waals surface area contributed by atoms with Crippen molar-refractivity contribution in [3.05, 3.63) is 36.5 Å². The third-order valence-electron chi connectivity index (χ3n) is 11.0. The highest BCUT2D eigenvalue weighted by Crippen LogP contribution is 2.23. The summed E-state index contributed by atoms with van der Waals surface area (Å²) in [5, 5.41) is 40.1. The number of aliphatic hydroxyl groups is 4. The second kappa shape index (κ2) is 40.0. The molecule has 0 radical (unpaired) electrons. The molecule has 1 heterocycles. The Bertz CT molecular complexity index is 1060. The summed E-state index contributed by atoms with van der Waals surface area (Å²) in [7, 11) is 0. The van der Waals surface area contributed by atoms with E-state index in [1.807, 2.05) is 0 Å². The van der Waals surface area contributed by atoms with Crippen LogP contribution in [0.3, 0.4) is 0 Å². The molecule has 0 bridgehead atoms. The molecule has 1 fully saturated rings. The van der Waals surface area contributed by atoms with Crippen LogP contribution in [0.1, 0.15) is 206 Å². The maximum absolute atomic E-state index is 12.8. The first-order valence-corrected chi connectivity index (χ1v) is 24.1. The molecule has 10 heteroatoms. The highest BCUT2D eigenvalue weighted by molar-refractivity contribution is 5.70. The number of hydrogen-bond donors (Lipinski definition) is 4. The van der Waals surface area contributed by atoms with Crippen molar-refractivity contribution in [3.8, 4) is 0 Å². The molecule has 6 atom stereocenters. The molecule has 0 amide bonds. The fourth-order valence-electron chi connectivity index (χ4n) is 7.15. The van der Waals surface area contributed by atoms with Gasteiger partial charge in [-0.05, 0) is 70.6 Å². The van der Waals surface area contributed by atoms with E-state index in [1.54, 1.807) is 0 Å². The van der Waals surface area contributed by atoms with Crippen molar-refractivity contribution in [2.45, 2.75) is 243 Å². The zero-order valence-corrected chi connectivity index (χ0v) is 37.5. The first kappa shape index (κ1) is 54.9. The van der Waals surface area contributed by atoms with Crippen molar-refractivity contribution >= 4 is 11.9 Å². The summed E-state index contributed by atoms with van der Waals surface area (Å²) < 4.78 is 22.2. The van der Waals surface area contributed by atoms with Crippen LogP contribution in [-0.2, 0) is 28.5 Å². The van der Waals surface area contributed by atoms with Crippen LogP contribution in [0.2, 0.25) is 0 Å². The number of carbonyl (C=O) groups is 2. The third kappa shape index (κ3) is 31.4. The normalized spacial score (nSPS) is 20.3. The van der Waals surface area contributed by atoms with Crippen LogP contribution in [0, 0.1) is 0 Å². The van der Waals surface area contributed by atoms with Gasteiger partial charge >= 0.3 is 11.9 Å². The second-order valence-corrected chi connectivity index (χ2v) is 16.6. The van der Waals surface area contributed by atoms with Crippen LogP contribution in [-0.4, -0.2) is 89.0 Å². The molecule has 1 rings (SSSR count). The molecular weight excluding hydrogens is 749 g/mol. The van der Waals surface area contributed by atoms with E-state index in [-0.39, 0.29) is 32.0 Å². The fourth-order valence-corrected chi connectivity index (χ4v) is 7.15. The van der Waals surface area contributed by atoms with Gasteiger partial charge in [-0.1, -0.05) is 159 Å². The lowest BCUT2D eigenvalue weighted by molar-refractivity contribution is -0.305. The SMILES string of the molecule is CCCCCC/C=C\C/C=C\CCCCCCCC(=O)OC(COC(=O)CCCCCCCCC/C=C\CCCCCCCCC)COC1OC(CO)C(O)C(O)C1O. The van der Waals surface area contributed by atoms with Gasteiger partial charge in [0.2, 0.25) is 0 Å². The smallest absolute Gasteiger partial charge is 0.306 e. The first-order chi connectivity index (χ1) is 28.8. The maximum atomic E-state index is 12.8. The van der Waals surface area contributed by atoms with Crippen LogP contribution in [0.25, 0.3) is 0 Å². The molecule has 344 valence electrons. The molecule has 0 aromatic carbocycles. The summed E-state index contributed by atoms with van der Waals surface area (Å²) in [6.07, 6.45) is 38.6. The Balaban J connectivity index is 2.31. The average Bonchev–Trinajstić information content (AvgIpc) is 3.23. The first-order valence-electron chi connectivity index (χ1n) is 24.1. The van der Waals surface area contributed by atoms with Gasteiger partial charge in [-0.2, -0.15) is 0 Å². The van der Waals surface area contributed by atoms with Crippen molar-refractivity contribution in [2.24, 2.45) is 0 Å². The minimum Gasteiger partial charge on any atom is -0.462 e. The van der Waals surface area contributed by atoms with Crippen molar-refractivity contribution in [2.75, 3.05) is 19.8 Å². The Morgan fingerprint density at radius 2 is 0.949 bits per heavy atom. The van der Waals surface area contributed by atoms with Gasteiger partial charge in [-0.15, -0.1) is 0 Å².